The van der Waals surface area contributed by atoms with Crippen molar-refractivity contribution >= 4 is 28.4 Å². The molecule has 1 aromatic carbocycles. The van der Waals surface area contributed by atoms with Gasteiger partial charge >= 0.3 is 0 Å². The molecule has 0 atom stereocenters. The van der Waals surface area contributed by atoms with E-state index in [1.54, 1.807) is 22.7 Å². The van der Waals surface area contributed by atoms with Crippen LogP contribution >= 0.6 is 0 Å². The minimum atomic E-state index is -0.450. The van der Waals surface area contributed by atoms with Gasteiger partial charge < -0.3 is 15.5 Å². The molecule has 1 amide bonds. The highest BCUT2D eigenvalue weighted by Gasteiger charge is 2.39. The van der Waals surface area contributed by atoms with E-state index in [9.17, 15) is 9.18 Å². The molecular weight excluding hydrogens is 395 g/mol. The van der Waals surface area contributed by atoms with Crippen molar-refractivity contribution in [3.8, 4) is 0 Å². The van der Waals surface area contributed by atoms with E-state index >= 15 is 0 Å². The summed E-state index contributed by atoms with van der Waals surface area (Å²) in [6, 6.07) is 4.70. The van der Waals surface area contributed by atoms with Crippen molar-refractivity contribution in [2.45, 2.75) is 39.0 Å². The minimum absolute atomic E-state index is 0.0938. The SMILES string of the molecule is CCCN1CCCC2(CCN(C(=O)c3cn4c(N)nc5c(F)cccc5c4n3)CC2)C1. The van der Waals surface area contributed by atoms with E-state index in [1.807, 2.05) is 4.90 Å². The summed E-state index contributed by atoms with van der Waals surface area (Å²) in [5.74, 6) is -0.424. The number of rotatable bonds is 3. The van der Waals surface area contributed by atoms with Crippen LogP contribution < -0.4 is 5.73 Å². The first-order valence-corrected chi connectivity index (χ1v) is 11.2. The second-order valence-corrected chi connectivity index (χ2v) is 9.10. The Morgan fingerprint density at radius 2 is 2.00 bits per heavy atom. The van der Waals surface area contributed by atoms with Gasteiger partial charge in [0.25, 0.3) is 5.91 Å². The highest BCUT2D eigenvalue weighted by molar-refractivity contribution is 5.97. The van der Waals surface area contributed by atoms with E-state index in [0.717, 1.165) is 39.0 Å². The number of hydrogen-bond acceptors (Lipinski definition) is 5. The highest BCUT2D eigenvalue weighted by atomic mass is 19.1. The molecule has 7 nitrogen and oxygen atoms in total. The molecule has 164 valence electrons. The Kier molecular flexibility index (Phi) is 5.04. The summed E-state index contributed by atoms with van der Waals surface area (Å²) in [6.45, 7) is 7.24. The molecule has 0 saturated carbocycles. The normalized spacial score (nSPS) is 19.5. The van der Waals surface area contributed by atoms with Crippen LogP contribution in [0.5, 0.6) is 0 Å². The molecule has 2 aliphatic rings. The van der Waals surface area contributed by atoms with Crippen molar-refractivity contribution in [2.75, 3.05) is 38.5 Å². The summed E-state index contributed by atoms with van der Waals surface area (Å²) in [5.41, 5.74) is 7.33. The van der Waals surface area contributed by atoms with Gasteiger partial charge in [-0.2, -0.15) is 0 Å². The zero-order valence-corrected chi connectivity index (χ0v) is 18.0. The predicted molar refractivity (Wildman–Crippen MR) is 118 cm³/mol. The Labute approximate surface area is 181 Å². The first-order chi connectivity index (χ1) is 15.0. The Morgan fingerprint density at radius 1 is 1.19 bits per heavy atom. The van der Waals surface area contributed by atoms with Gasteiger partial charge in [0, 0.05) is 31.2 Å². The maximum Gasteiger partial charge on any atom is 0.274 e. The maximum absolute atomic E-state index is 14.2. The van der Waals surface area contributed by atoms with Crippen LogP contribution in [0.4, 0.5) is 10.3 Å². The molecule has 0 radical (unpaired) electrons. The third-order valence-electron chi connectivity index (χ3n) is 7.02. The standard InChI is InChI=1S/C23H29FN6O/c1-2-10-28-11-4-7-23(15-28)8-12-29(13-9-23)21(31)18-14-30-20(26-18)16-5-3-6-17(24)19(16)27-22(30)25/h3,5-6,14H,2,4,7-13,15H2,1H3,(H2,25,27). The zero-order valence-electron chi connectivity index (χ0n) is 18.0. The van der Waals surface area contributed by atoms with E-state index in [2.05, 4.69) is 21.8 Å². The number of likely N-dealkylation sites (tertiary alicyclic amines) is 2. The summed E-state index contributed by atoms with van der Waals surface area (Å²) >= 11 is 0. The Morgan fingerprint density at radius 3 is 2.77 bits per heavy atom. The zero-order chi connectivity index (χ0) is 21.6. The Hall–Kier alpha value is -2.74. The van der Waals surface area contributed by atoms with Crippen LogP contribution in [0, 0.1) is 11.2 Å². The number of para-hydroxylation sites is 1. The van der Waals surface area contributed by atoms with Gasteiger partial charge in [0.05, 0.1) is 0 Å². The number of nitrogens with two attached hydrogens (primary N) is 1. The van der Waals surface area contributed by atoms with Crippen molar-refractivity contribution in [1.82, 2.24) is 24.2 Å². The molecule has 2 saturated heterocycles. The van der Waals surface area contributed by atoms with Crippen LogP contribution in [0.25, 0.3) is 16.6 Å². The van der Waals surface area contributed by atoms with Crippen LogP contribution in [-0.4, -0.2) is 62.8 Å². The van der Waals surface area contributed by atoms with Crippen LogP contribution in [0.3, 0.4) is 0 Å². The molecule has 2 aliphatic heterocycles. The number of nitrogen functional groups attached to an aromatic ring is 1. The molecule has 3 aromatic rings. The Balaban J connectivity index is 1.37. The average Bonchev–Trinajstić information content (AvgIpc) is 3.22. The summed E-state index contributed by atoms with van der Waals surface area (Å²) in [4.78, 5) is 26.4. The second-order valence-electron chi connectivity index (χ2n) is 9.10. The quantitative estimate of drug-likeness (QED) is 0.698. The number of carbonyl (C=O) groups excluding carboxylic acids is 1. The lowest BCUT2D eigenvalue weighted by molar-refractivity contribution is 0.0221. The van der Waals surface area contributed by atoms with Crippen LogP contribution in [0.15, 0.2) is 24.4 Å². The third kappa shape index (κ3) is 3.52. The highest BCUT2D eigenvalue weighted by Crippen LogP contribution is 2.40. The fraction of sp³-hybridized carbons (Fsp3) is 0.522. The summed E-state index contributed by atoms with van der Waals surface area (Å²) in [6.07, 6.45) is 7.37. The number of anilines is 1. The number of carbonyl (C=O) groups is 1. The smallest absolute Gasteiger partial charge is 0.274 e. The van der Waals surface area contributed by atoms with Gasteiger partial charge in [0.15, 0.2) is 0 Å². The summed E-state index contributed by atoms with van der Waals surface area (Å²) in [5, 5.41) is 0.545. The van der Waals surface area contributed by atoms with Crippen LogP contribution in [0.1, 0.15) is 49.5 Å². The van der Waals surface area contributed by atoms with E-state index in [4.69, 9.17) is 5.73 Å². The number of benzene rings is 1. The number of aromatic nitrogens is 3. The molecule has 2 aromatic heterocycles. The number of amides is 1. The summed E-state index contributed by atoms with van der Waals surface area (Å²) < 4.78 is 15.7. The van der Waals surface area contributed by atoms with Crippen LogP contribution in [0.2, 0.25) is 0 Å². The molecular formula is C23H29FN6O. The van der Waals surface area contributed by atoms with Gasteiger partial charge in [0.1, 0.15) is 22.7 Å². The Bertz CT molecular complexity index is 1130. The maximum atomic E-state index is 14.2. The first kappa shape index (κ1) is 20.2. The topological polar surface area (TPSA) is 79.8 Å². The van der Waals surface area contributed by atoms with Crippen LogP contribution in [-0.2, 0) is 0 Å². The van der Waals surface area contributed by atoms with Gasteiger partial charge in [-0.1, -0.05) is 13.0 Å². The molecule has 0 bridgehead atoms. The molecule has 1 spiro atoms. The monoisotopic (exact) mass is 424 g/mol. The molecule has 0 aliphatic carbocycles. The average molecular weight is 425 g/mol. The van der Waals surface area contributed by atoms with Crippen molar-refractivity contribution in [3.05, 3.63) is 35.9 Å². The molecule has 2 N–H and O–H groups in total. The first-order valence-electron chi connectivity index (χ1n) is 11.2. The molecule has 2 fully saturated rings. The molecule has 8 heteroatoms. The lowest BCUT2D eigenvalue weighted by Gasteiger charge is -2.47. The van der Waals surface area contributed by atoms with Gasteiger partial charge in [-0.05, 0) is 62.7 Å². The van der Waals surface area contributed by atoms with Crippen molar-refractivity contribution in [3.63, 3.8) is 0 Å². The van der Waals surface area contributed by atoms with E-state index < -0.39 is 5.82 Å². The molecule has 5 rings (SSSR count). The van der Waals surface area contributed by atoms with Crippen molar-refractivity contribution in [1.29, 1.82) is 0 Å². The lowest BCUT2D eigenvalue weighted by Crippen LogP contribution is -2.50. The third-order valence-corrected chi connectivity index (χ3v) is 7.02. The second kappa shape index (κ2) is 7.75. The van der Waals surface area contributed by atoms with E-state index in [1.165, 1.54) is 31.9 Å². The molecule has 31 heavy (non-hydrogen) atoms. The fourth-order valence-corrected chi connectivity index (χ4v) is 5.40. The fourth-order valence-electron chi connectivity index (χ4n) is 5.40. The molecule has 0 unspecified atom stereocenters. The van der Waals surface area contributed by atoms with Gasteiger partial charge in [-0.3, -0.25) is 9.20 Å². The number of hydrogen-bond donors (Lipinski definition) is 1. The minimum Gasteiger partial charge on any atom is -0.369 e. The van der Waals surface area contributed by atoms with Gasteiger partial charge in [0.2, 0.25) is 5.95 Å². The van der Waals surface area contributed by atoms with Gasteiger partial charge in [-0.25, -0.2) is 14.4 Å². The largest absolute Gasteiger partial charge is 0.369 e. The predicted octanol–water partition coefficient (Wildman–Crippen LogP) is 3.33. The van der Waals surface area contributed by atoms with Crippen molar-refractivity contribution < 1.29 is 9.18 Å². The number of piperidine rings is 2. The van der Waals surface area contributed by atoms with E-state index in [0.29, 0.717) is 22.1 Å². The van der Waals surface area contributed by atoms with Gasteiger partial charge in [-0.15, -0.1) is 0 Å². The number of nitrogens with zero attached hydrogens (tertiary/aromatic N) is 5. The number of imidazole rings is 1. The number of fused-ring (bicyclic) bond motifs is 3. The van der Waals surface area contributed by atoms with E-state index in [-0.39, 0.29) is 17.4 Å². The van der Waals surface area contributed by atoms with Crippen molar-refractivity contribution in [2.24, 2.45) is 5.41 Å². The lowest BCUT2D eigenvalue weighted by atomic mass is 9.72. The summed E-state index contributed by atoms with van der Waals surface area (Å²) in [7, 11) is 0. The number of halogens is 1. The molecule has 4 heterocycles.